The molecule has 2 rings (SSSR count). The molecule has 1 aromatic carbocycles. The lowest BCUT2D eigenvalue weighted by atomic mass is 10.1. The van der Waals surface area contributed by atoms with Gasteiger partial charge >= 0.3 is 0 Å². The molecule has 0 aliphatic heterocycles. The van der Waals surface area contributed by atoms with Gasteiger partial charge in [-0.2, -0.15) is 0 Å². The average molecular weight is 292 g/mol. The molecule has 0 bridgehead atoms. The first-order chi connectivity index (χ1) is 10.2. The molecule has 1 saturated carbocycles. The zero-order chi connectivity index (χ0) is 15.1. The maximum absolute atomic E-state index is 10.1. The van der Waals surface area contributed by atoms with Gasteiger partial charge in [0.1, 0.15) is 5.75 Å². The third kappa shape index (κ3) is 4.99. The second-order valence-electron chi connectivity index (χ2n) is 5.91. The van der Waals surface area contributed by atoms with E-state index in [2.05, 4.69) is 17.3 Å². The van der Waals surface area contributed by atoms with Crippen LogP contribution >= 0.6 is 0 Å². The van der Waals surface area contributed by atoms with E-state index in [1.807, 2.05) is 24.3 Å². The SMILES string of the molecule is COc1ccc(C(O)CNCCN(C)C2CCCC2)cc1. The Morgan fingerprint density at radius 1 is 1.29 bits per heavy atom. The minimum Gasteiger partial charge on any atom is -0.497 e. The number of aliphatic hydroxyl groups is 1. The van der Waals surface area contributed by atoms with Gasteiger partial charge in [-0.1, -0.05) is 25.0 Å². The maximum atomic E-state index is 10.1. The Labute approximate surface area is 128 Å². The molecule has 4 heteroatoms. The van der Waals surface area contributed by atoms with Crippen LogP contribution in [0.5, 0.6) is 5.75 Å². The molecule has 0 radical (unpaired) electrons. The zero-order valence-electron chi connectivity index (χ0n) is 13.2. The Morgan fingerprint density at radius 2 is 1.95 bits per heavy atom. The van der Waals surface area contributed by atoms with E-state index < -0.39 is 6.10 Å². The number of nitrogens with one attached hydrogen (secondary N) is 1. The molecule has 0 amide bonds. The summed E-state index contributed by atoms with van der Waals surface area (Å²) in [6.07, 6.45) is 4.96. The summed E-state index contributed by atoms with van der Waals surface area (Å²) in [5.74, 6) is 0.817. The smallest absolute Gasteiger partial charge is 0.118 e. The highest BCUT2D eigenvalue weighted by Gasteiger charge is 2.18. The Bertz CT molecular complexity index is 402. The fourth-order valence-electron chi connectivity index (χ4n) is 2.97. The summed E-state index contributed by atoms with van der Waals surface area (Å²) >= 11 is 0. The van der Waals surface area contributed by atoms with Crippen molar-refractivity contribution in [3.05, 3.63) is 29.8 Å². The lowest BCUT2D eigenvalue weighted by Crippen LogP contribution is -2.36. The summed E-state index contributed by atoms with van der Waals surface area (Å²) in [6.45, 7) is 2.55. The van der Waals surface area contributed by atoms with Crippen LogP contribution in [0.2, 0.25) is 0 Å². The van der Waals surface area contributed by atoms with Gasteiger partial charge in [-0.05, 0) is 37.6 Å². The molecule has 0 saturated heterocycles. The van der Waals surface area contributed by atoms with Gasteiger partial charge in [0.05, 0.1) is 13.2 Å². The molecule has 0 aromatic heterocycles. The highest BCUT2D eigenvalue weighted by molar-refractivity contribution is 5.28. The van der Waals surface area contributed by atoms with Gasteiger partial charge in [-0.3, -0.25) is 0 Å². The van der Waals surface area contributed by atoms with Crippen molar-refractivity contribution in [3.8, 4) is 5.75 Å². The standard InChI is InChI=1S/C17H28N2O2/c1-19(15-5-3-4-6-15)12-11-18-13-17(20)14-7-9-16(21-2)10-8-14/h7-10,15,17-18,20H,3-6,11-13H2,1-2H3. The number of methoxy groups -OCH3 is 1. The Kier molecular flexibility index (Phi) is 6.49. The van der Waals surface area contributed by atoms with Gasteiger partial charge in [0.15, 0.2) is 0 Å². The molecule has 2 N–H and O–H groups in total. The number of hydrogen-bond donors (Lipinski definition) is 2. The first-order valence-corrected chi connectivity index (χ1v) is 7.93. The van der Waals surface area contributed by atoms with E-state index in [-0.39, 0.29) is 0 Å². The fraction of sp³-hybridized carbons (Fsp3) is 0.647. The van der Waals surface area contributed by atoms with Gasteiger partial charge < -0.3 is 20.1 Å². The largest absolute Gasteiger partial charge is 0.497 e. The van der Waals surface area contributed by atoms with Gasteiger partial charge in [0.25, 0.3) is 0 Å². The zero-order valence-corrected chi connectivity index (χ0v) is 13.2. The number of ether oxygens (including phenoxy) is 1. The van der Waals surface area contributed by atoms with Crippen LogP contribution in [0.15, 0.2) is 24.3 Å². The average Bonchev–Trinajstić information content (AvgIpc) is 3.05. The van der Waals surface area contributed by atoms with Crippen molar-refractivity contribution in [2.24, 2.45) is 0 Å². The number of likely N-dealkylation sites (N-methyl/N-ethyl adjacent to an activating group) is 1. The second-order valence-corrected chi connectivity index (χ2v) is 5.91. The summed E-state index contributed by atoms with van der Waals surface area (Å²) in [6, 6.07) is 8.35. The highest BCUT2D eigenvalue weighted by Crippen LogP contribution is 2.22. The first kappa shape index (κ1) is 16.3. The molecule has 1 unspecified atom stereocenters. The van der Waals surface area contributed by atoms with E-state index in [9.17, 15) is 5.11 Å². The maximum Gasteiger partial charge on any atom is 0.118 e. The van der Waals surface area contributed by atoms with E-state index in [0.29, 0.717) is 6.54 Å². The highest BCUT2D eigenvalue weighted by atomic mass is 16.5. The van der Waals surface area contributed by atoms with E-state index in [0.717, 1.165) is 30.4 Å². The molecular weight excluding hydrogens is 264 g/mol. The van der Waals surface area contributed by atoms with Gasteiger partial charge in [-0.25, -0.2) is 0 Å². The van der Waals surface area contributed by atoms with Crippen LogP contribution in [0.3, 0.4) is 0 Å². The molecule has 1 aliphatic carbocycles. The minimum absolute atomic E-state index is 0.465. The molecule has 0 spiro atoms. The van der Waals surface area contributed by atoms with Crippen LogP contribution in [0.4, 0.5) is 0 Å². The quantitative estimate of drug-likeness (QED) is 0.721. The number of nitrogens with zero attached hydrogens (tertiary/aromatic N) is 1. The van der Waals surface area contributed by atoms with Crippen molar-refractivity contribution in [2.75, 3.05) is 33.8 Å². The van der Waals surface area contributed by atoms with Crippen molar-refractivity contribution >= 4 is 0 Å². The monoisotopic (exact) mass is 292 g/mol. The van der Waals surface area contributed by atoms with Gasteiger partial charge in [-0.15, -0.1) is 0 Å². The minimum atomic E-state index is -0.465. The molecular formula is C17H28N2O2. The lowest BCUT2D eigenvalue weighted by molar-refractivity contribution is 0.170. The van der Waals surface area contributed by atoms with Crippen molar-refractivity contribution in [3.63, 3.8) is 0 Å². The normalized spacial score (nSPS) is 17.3. The second kappa shape index (κ2) is 8.37. The van der Waals surface area contributed by atoms with E-state index in [4.69, 9.17) is 4.74 Å². The van der Waals surface area contributed by atoms with Crippen molar-refractivity contribution < 1.29 is 9.84 Å². The van der Waals surface area contributed by atoms with Crippen LogP contribution in [-0.2, 0) is 0 Å². The van der Waals surface area contributed by atoms with Gasteiger partial charge in [0.2, 0.25) is 0 Å². The van der Waals surface area contributed by atoms with E-state index in [1.165, 1.54) is 25.7 Å². The number of hydrogen-bond acceptors (Lipinski definition) is 4. The van der Waals surface area contributed by atoms with Crippen LogP contribution in [0.1, 0.15) is 37.4 Å². The van der Waals surface area contributed by atoms with E-state index >= 15 is 0 Å². The van der Waals surface area contributed by atoms with Crippen LogP contribution in [-0.4, -0.2) is 49.8 Å². The molecule has 1 aliphatic rings. The fourth-order valence-corrected chi connectivity index (χ4v) is 2.97. The molecule has 118 valence electrons. The third-order valence-electron chi connectivity index (χ3n) is 4.43. The molecule has 0 heterocycles. The Balaban J connectivity index is 1.65. The third-order valence-corrected chi connectivity index (χ3v) is 4.43. The van der Waals surface area contributed by atoms with Crippen LogP contribution in [0, 0.1) is 0 Å². The predicted molar refractivity (Wildman–Crippen MR) is 85.7 cm³/mol. The van der Waals surface area contributed by atoms with Crippen LogP contribution < -0.4 is 10.1 Å². The molecule has 1 aromatic rings. The van der Waals surface area contributed by atoms with Crippen LogP contribution in [0.25, 0.3) is 0 Å². The summed E-state index contributed by atoms with van der Waals surface area (Å²) < 4.78 is 5.12. The van der Waals surface area contributed by atoms with Gasteiger partial charge in [0, 0.05) is 25.7 Å². The number of benzene rings is 1. The Morgan fingerprint density at radius 3 is 2.57 bits per heavy atom. The summed E-state index contributed by atoms with van der Waals surface area (Å²) in [5, 5.41) is 13.5. The van der Waals surface area contributed by atoms with E-state index in [1.54, 1.807) is 7.11 Å². The number of aliphatic hydroxyl groups excluding tert-OH is 1. The van der Waals surface area contributed by atoms with Crippen molar-refractivity contribution in [2.45, 2.75) is 37.8 Å². The summed E-state index contributed by atoms with van der Waals surface area (Å²) in [7, 11) is 3.85. The first-order valence-electron chi connectivity index (χ1n) is 7.93. The molecule has 1 atom stereocenters. The predicted octanol–water partition coefficient (Wildman–Crippen LogP) is 2.19. The molecule has 21 heavy (non-hydrogen) atoms. The topological polar surface area (TPSA) is 44.7 Å². The summed E-state index contributed by atoms with van der Waals surface area (Å²) in [5.41, 5.74) is 0.924. The summed E-state index contributed by atoms with van der Waals surface area (Å²) in [4.78, 5) is 2.44. The molecule has 1 fully saturated rings. The van der Waals surface area contributed by atoms with Crippen molar-refractivity contribution in [1.82, 2.24) is 10.2 Å². The van der Waals surface area contributed by atoms with Crippen molar-refractivity contribution in [1.29, 1.82) is 0 Å². The lowest BCUT2D eigenvalue weighted by Gasteiger charge is -2.24. The number of rotatable bonds is 8. The Hall–Kier alpha value is -1.10. The molecule has 4 nitrogen and oxygen atoms in total.